The van der Waals surface area contributed by atoms with Crippen LogP contribution in [0.4, 0.5) is 16.0 Å². The Morgan fingerprint density at radius 1 is 1.19 bits per heavy atom. The van der Waals surface area contributed by atoms with E-state index in [1.54, 1.807) is 43.3 Å². The van der Waals surface area contributed by atoms with Gasteiger partial charge in [0.25, 0.3) is 5.91 Å². The van der Waals surface area contributed by atoms with Crippen LogP contribution in [0.15, 0.2) is 36.7 Å². The van der Waals surface area contributed by atoms with Gasteiger partial charge in [-0.15, -0.1) is 0 Å². The Kier molecular flexibility index (Phi) is 8.81. The largest absolute Gasteiger partial charge is 0.389 e. The molecule has 3 N–H and O–H groups in total. The van der Waals surface area contributed by atoms with Crippen molar-refractivity contribution in [1.29, 1.82) is 0 Å². The quantitative estimate of drug-likeness (QED) is 0.257. The van der Waals surface area contributed by atoms with Crippen molar-refractivity contribution in [2.24, 2.45) is 7.05 Å². The number of aliphatic hydroxyl groups is 1. The van der Waals surface area contributed by atoms with E-state index in [0.717, 1.165) is 50.2 Å². The molecule has 0 spiro atoms. The molecule has 43 heavy (non-hydrogen) atoms. The smallest absolute Gasteiger partial charge is 0.261 e. The van der Waals surface area contributed by atoms with Gasteiger partial charge in [0.15, 0.2) is 5.82 Å². The normalized spacial score (nSPS) is 14.7. The van der Waals surface area contributed by atoms with Crippen LogP contribution >= 0.6 is 0 Å². The summed E-state index contributed by atoms with van der Waals surface area (Å²) < 4.78 is 19.0. The summed E-state index contributed by atoms with van der Waals surface area (Å²) in [6.07, 6.45) is 5.26. The summed E-state index contributed by atoms with van der Waals surface area (Å²) in [5, 5.41) is 21.3. The molecule has 0 radical (unpaired) electrons. The van der Waals surface area contributed by atoms with Crippen molar-refractivity contribution in [3.63, 3.8) is 0 Å². The number of hydrogen-bond acceptors (Lipinski definition) is 8. The van der Waals surface area contributed by atoms with Gasteiger partial charge in [-0.05, 0) is 72.0 Å². The van der Waals surface area contributed by atoms with Gasteiger partial charge in [-0.3, -0.25) is 14.8 Å². The average molecular weight is 592 g/mol. The first-order valence-electron chi connectivity index (χ1n) is 14.7. The molecule has 0 aliphatic carbocycles. The molecule has 0 saturated carbocycles. The van der Waals surface area contributed by atoms with E-state index in [1.807, 2.05) is 12.1 Å². The minimum atomic E-state index is -1.09. The average Bonchev–Trinajstić information content (AvgIpc) is 3.51. The first-order chi connectivity index (χ1) is 20.4. The lowest BCUT2D eigenvalue weighted by Crippen LogP contribution is -2.44. The number of rotatable bonds is 10. The van der Waals surface area contributed by atoms with Crippen LogP contribution in [0, 0.1) is 12.7 Å². The summed E-state index contributed by atoms with van der Waals surface area (Å²) in [5.41, 5.74) is 2.32. The zero-order valence-corrected chi connectivity index (χ0v) is 25.9. The Bertz CT molecular complexity index is 1600. The number of likely N-dealkylation sites (N-methyl/N-ethyl adjacent to an activating group) is 1. The van der Waals surface area contributed by atoms with Crippen LogP contribution in [0.2, 0.25) is 0 Å². The Hall–Kier alpha value is -3.87. The standard InChI is InChI=1S/C31H42FN9O2/c1-20-15-24(27(32)28(35-20)21-17-34-39(6)18-21)29(42)37-30-36-25-8-7-23(16-26(25)41(30)19-31(2,3)43)40-12-9-22(10-13-40)33-11-14-38(4)5/h7-8,15-18,22,33,43H,9-14,19H2,1-6H3,(H,36,37,42). The van der Waals surface area contributed by atoms with Crippen LogP contribution in [-0.2, 0) is 13.6 Å². The second-order valence-corrected chi connectivity index (χ2v) is 12.4. The van der Waals surface area contributed by atoms with Gasteiger partial charge in [-0.2, -0.15) is 5.10 Å². The Morgan fingerprint density at radius 3 is 2.58 bits per heavy atom. The van der Waals surface area contributed by atoms with Crippen LogP contribution in [0.25, 0.3) is 22.3 Å². The maximum atomic E-state index is 15.6. The summed E-state index contributed by atoms with van der Waals surface area (Å²) >= 11 is 0. The predicted molar refractivity (Wildman–Crippen MR) is 167 cm³/mol. The minimum Gasteiger partial charge on any atom is -0.389 e. The maximum absolute atomic E-state index is 15.6. The highest BCUT2D eigenvalue weighted by Gasteiger charge is 2.25. The number of amides is 1. The summed E-state index contributed by atoms with van der Waals surface area (Å²) in [5.74, 6) is -1.15. The number of piperidine rings is 1. The van der Waals surface area contributed by atoms with Crippen molar-refractivity contribution in [1.82, 2.24) is 34.5 Å². The van der Waals surface area contributed by atoms with Crippen molar-refractivity contribution in [2.75, 3.05) is 50.5 Å². The summed E-state index contributed by atoms with van der Waals surface area (Å²) in [6.45, 7) is 9.14. The maximum Gasteiger partial charge on any atom is 0.261 e. The second-order valence-electron chi connectivity index (χ2n) is 12.4. The van der Waals surface area contributed by atoms with Gasteiger partial charge in [0.1, 0.15) is 5.69 Å². The lowest BCUT2D eigenvalue weighted by atomic mass is 10.0. The van der Waals surface area contributed by atoms with E-state index in [4.69, 9.17) is 0 Å². The van der Waals surface area contributed by atoms with Gasteiger partial charge in [-0.1, -0.05) is 0 Å². The number of benzene rings is 1. The number of anilines is 2. The fourth-order valence-corrected chi connectivity index (χ4v) is 5.51. The molecule has 1 fully saturated rings. The number of aryl methyl sites for hydroxylation is 2. The van der Waals surface area contributed by atoms with E-state index in [2.05, 4.69) is 55.7 Å². The molecule has 0 atom stereocenters. The van der Waals surface area contributed by atoms with Crippen molar-refractivity contribution in [3.05, 3.63) is 53.7 Å². The zero-order valence-electron chi connectivity index (χ0n) is 25.9. The first-order valence-corrected chi connectivity index (χ1v) is 14.7. The number of imidazole rings is 1. The Labute approximate surface area is 251 Å². The van der Waals surface area contributed by atoms with Gasteiger partial charge >= 0.3 is 0 Å². The summed E-state index contributed by atoms with van der Waals surface area (Å²) in [7, 11) is 5.89. The van der Waals surface area contributed by atoms with Crippen LogP contribution in [0.1, 0.15) is 42.7 Å². The van der Waals surface area contributed by atoms with Crippen molar-refractivity contribution in [3.8, 4) is 11.3 Å². The topological polar surface area (TPSA) is 116 Å². The second kappa shape index (κ2) is 12.4. The number of carbonyl (C=O) groups excluding carboxylic acids is 1. The number of carbonyl (C=O) groups is 1. The number of hydrogen-bond donors (Lipinski definition) is 3. The molecule has 1 amide bonds. The van der Waals surface area contributed by atoms with E-state index < -0.39 is 17.3 Å². The van der Waals surface area contributed by atoms with Gasteiger partial charge in [0.05, 0.1) is 34.9 Å². The molecule has 0 unspecified atom stereocenters. The number of nitrogens with zero attached hydrogens (tertiary/aromatic N) is 7. The van der Waals surface area contributed by atoms with Crippen LogP contribution < -0.4 is 15.5 Å². The fraction of sp³-hybridized carbons (Fsp3) is 0.484. The molecule has 1 aliphatic rings. The Morgan fingerprint density at radius 2 is 1.93 bits per heavy atom. The molecule has 3 aromatic heterocycles. The molecule has 4 heterocycles. The summed E-state index contributed by atoms with van der Waals surface area (Å²) in [6, 6.07) is 7.95. The molecule has 12 heteroatoms. The van der Waals surface area contributed by atoms with E-state index in [-0.39, 0.29) is 23.8 Å². The number of nitrogens with one attached hydrogen (secondary N) is 2. The van der Waals surface area contributed by atoms with Crippen LogP contribution in [-0.4, -0.2) is 92.1 Å². The van der Waals surface area contributed by atoms with Crippen molar-refractivity contribution >= 4 is 28.6 Å². The fourth-order valence-electron chi connectivity index (χ4n) is 5.51. The first kappa shape index (κ1) is 30.6. The minimum absolute atomic E-state index is 0.0598. The molecular weight excluding hydrogens is 549 g/mol. The van der Waals surface area contributed by atoms with Crippen LogP contribution in [0.5, 0.6) is 0 Å². The predicted octanol–water partition coefficient (Wildman–Crippen LogP) is 3.42. The van der Waals surface area contributed by atoms with Crippen LogP contribution in [0.3, 0.4) is 0 Å². The number of pyridine rings is 1. The van der Waals surface area contributed by atoms with E-state index in [9.17, 15) is 9.90 Å². The highest BCUT2D eigenvalue weighted by Crippen LogP contribution is 2.30. The number of halogens is 1. The van der Waals surface area contributed by atoms with Crippen molar-refractivity contribution in [2.45, 2.75) is 51.8 Å². The molecular formula is C31H42FN9O2. The third-order valence-corrected chi connectivity index (χ3v) is 7.66. The Balaban J connectivity index is 1.40. The highest BCUT2D eigenvalue weighted by molar-refractivity contribution is 6.05. The number of fused-ring (bicyclic) bond motifs is 1. The molecule has 0 bridgehead atoms. The molecule has 11 nitrogen and oxygen atoms in total. The SMILES string of the molecule is Cc1cc(C(=O)Nc2nc3ccc(N4CCC(NCCN(C)C)CC4)cc3n2CC(C)(C)O)c(F)c(-c2cnn(C)c2)n1. The van der Waals surface area contributed by atoms with Gasteiger partial charge in [0, 0.05) is 62.4 Å². The van der Waals surface area contributed by atoms with Crippen molar-refractivity contribution < 1.29 is 14.3 Å². The molecule has 230 valence electrons. The van der Waals surface area contributed by atoms with E-state index >= 15 is 4.39 Å². The van der Waals surface area contributed by atoms with E-state index in [1.165, 1.54) is 12.3 Å². The van der Waals surface area contributed by atoms with E-state index in [0.29, 0.717) is 22.8 Å². The lowest BCUT2D eigenvalue weighted by Gasteiger charge is -2.34. The third-order valence-electron chi connectivity index (χ3n) is 7.66. The molecule has 1 saturated heterocycles. The van der Waals surface area contributed by atoms with Gasteiger partial charge < -0.3 is 24.8 Å². The molecule has 4 aromatic rings. The lowest BCUT2D eigenvalue weighted by molar-refractivity contribution is 0.0630. The number of aromatic nitrogens is 5. The molecule has 1 aliphatic heterocycles. The molecule has 1 aromatic carbocycles. The molecule has 5 rings (SSSR count). The zero-order chi connectivity index (χ0) is 30.9. The monoisotopic (exact) mass is 591 g/mol. The van der Waals surface area contributed by atoms with Gasteiger partial charge in [-0.25, -0.2) is 14.4 Å². The van der Waals surface area contributed by atoms with Gasteiger partial charge in [0.2, 0.25) is 5.95 Å². The summed E-state index contributed by atoms with van der Waals surface area (Å²) in [4.78, 5) is 27.0. The third kappa shape index (κ3) is 7.20. The highest BCUT2D eigenvalue weighted by atomic mass is 19.1.